The van der Waals surface area contributed by atoms with Crippen LogP contribution in [0.3, 0.4) is 0 Å². The average Bonchev–Trinajstić information content (AvgIpc) is 3.41. The number of aryl methyl sites for hydroxylation is 1. The molecule has 0 bridgehead atoms. The molecule has 0 N–H and O–H groups in total. The summed E-state index contributed by atoms with van der Waals surface area (Å²) in [5.74, 6) is -1.10. The summed E-state index contributed by atoms with van der Waals surface area (Å²) in [5.41, 5.74) is 1.87. The fourth-order valence-corrected chi connectivity index (χ4v) is 2.70. The molecule has 0 amide bonds. The molecule has 2 heterocycles. The molecule has 1 aliphatic carbocycles. The van der Waals surface area contributed by atoms with Crippen LogP contribution in [0, 0.1) is 18.6 Å². The summed E-state index contributed by atoms with van der Waals surface area (Å²) in [6.45, 7) is 6.06. The van der Waals surface area contributed by atoms with Crippen LogP contribution < -0.4 is 0 Å². The summed E-state index contributed by atoms with van der Waals surface area (Å²) in [4.78, 5) is 4.21. The largest absolute Gasteiger partial charge is 0.343 e. The lowest BCUT2D eigenvalue weighted by Gasteiger charge is -2.09. The molecule has 0 spiro atoms. The van der Waals surface area contributed by atoms with Crippen LogP contribution in [-0.4, -0.2) is 9.55 Å². The molecule has 25 heavy (non-hydrogen) atoms. The number of benzene rings is 1. The van der Waals surface area contributed by atoms with Crippen LogP contribution in [0.5, 0.6) is 0 Å². The minimum Gasteiger partial charge on any atom is -0.343 e. The minimum absolute atomic E-state index is 0.0557. The van der Waals surface area contributed by atoms with Gasteiger partial charge in [0.05, 0.1) is 12.1 Å². The molecule has 5 heteroatoms. The third-order valence-corrected chi connectivity index (χ3v) is 4.14. The summed E-state index contributed by atoms with van der Waals surface area (Å²) in [5, 5.41) is 0.991. The summed E-state index contributed by atoms with van der Waals surface area (Å²) >= 11 is 3.08. The van der Waals surface area contributed by atoms with Crippen molar-refractivity contribution in [2.24, 2.45) is 0 Å². The van der Waals surface area contributed by atoms with Crippen LogP contribution in [0.4, 0.5) is 8.78 Å². The van der Waals surface area contributed by atoms with Gasteiger partial charge in [-0.25, -0.2) is 8.78 Å². The van der Waals surface area contributed by atoms with Gasteiger partial charge in [0.25, 0.3) is 0 Å². The Hall–Kier alpha value is -1.75. The average molecular weight is 409 g/mol. The van der Waals surface area contributed by atoms with E-state index >= 15 is 0 Å². The fraction of sp³-hybridized carbons (Fsp3) is 0.350. The van der Waals surface area contributed by atoms with Gasteiger partial charge in [-0.3, -0.25) is 4.98 Å². The molecular weight excluding hydrogens is 386 g/mol. The van der Waals surface area contributed by atoms with Gasteiger partial charge in [0.2, 0.25) is 0 Å². The van der Waals surface area contributed by atoms with Crippen molar-refractivity contribution < 1.29 is 8.78 Å². The molecule has 1 aromatic carbocycles. The molecule has 1 fully saturated rings. The highest BCUT2D eigenvalue weighted by Crippen LogP contribution is 2.23. The zero-order valence-corrected chi connectivity index (χ0v) is 16.4. The Morgan fingerprint density at radius 3 is 2.24 bits per heavy atom. The Morgan fingerprint density at radius 2 is 1.68 bits per heavy atom. The van der Waals surface area contributed by atoms with Gasteiger partial charge in [-0.1, -0.05) is 49.0 Å². The zero-order valence-electron chi connectivity index (χ0n) is 14.8. The van der Waals surface area contributed by atoms with E-state index in [2.05, 4.69) is 20.9 Å². The van der Waals surface area contributed by atoms with Crippen molar-refractivity contribution >= 4 is 26.8 Å². The molecule has 4 rings (SSSR count). The minimum atomic E-state index is -0.551. The van der Waals surface area contributed by atoms with Gasteiger partial charge >= 0.3 is 0 Å². The van der Waals surface area contributed by atoms with E-state index < -0.39 is 11.6 Å². The lowest BCUT2D eigenvalue weighted by molar-refractivity contribution is 0.545. The van der Waals surface area contributed by atoms with Crippen LogP contribution in [0.2, 0.25) is 0 Å². The van der Waals surface area contributed by atoms with Crippen molar-refractivity contribution in [2.75, 3.05) is 0 Å². The standard InChI is InChI=1S/C15H11BrF2N2.C3H6.C2H6/c1-9-11-3-5-20(15(11)2-4-19-9)8-12-13(17)6-10(16)7-14(12)18;1-2-3-1;1-2/h2-7H,8H2,1H3;1-3H2;1-2H3. The maximum Gasteiger partial charge on any atom is 0.132 e. The molecule has 134 valence electrons. The second kappa shape index (κ2) is 9.09. The number of fused-ring (bicyclic) bond motifs is 1. The second-order valence-corrected chi connectivity index (χ2v) is 6.60. The molecule has 0 unspecified atom stereocenters. The zero-order chi connectivity index (χ0) is 18.4. The van der Waals surface area contributed by atoms with Crippen molar-refractivity contribution in [3.63, 3.8) is 0 Å². The van der Waals surface area contributed by atoms with Crippen LogP contribution >= 0.6 is 15.9 Å². The van der Waals surface area contributed by atoms with E-state index in [1.807, 2.05) is 43.7 Å². The van der Waals surface area contributed by atoms with Crippen molar-refractivity contribution in [2.45, 2.75) is 46.6 Å². The van der Waals surface area contributed by atoms with Crippen molar-refractivity contribution in [1.82, 2.24) is 9.55 Å². The van der Waals surface area contributed by atoms with E-state index in [1.54, 1.807) is 6.20 Å². The summed E-state index contributed by atoms with van der Waals surface area (Å²) < 4.78 is 30.0. The van der Waals surface area contributed by atoms with Crippen molar-refractivity contribution in [3.05, 3.63) is 64.0 Å². The van der Waals surface area contributed by atoms with Gasteiger partial charge in [0.1, 0.15) is 11.6 Å². The third kappa shape index (κ3) is 5.11. The monoisotopic (exact) mass is 408 g/mol. The molecule has 1 aliphatic rings. The Labute approximate surface area is 156 Å². The maximum absolute atomic E-state index is 13.9. The third-order valence-electron chi connectivity index (χ3n) is 3.68. The van der Waals surface area contributed by atoms with Gasteiger partial charge in [-0.15, -0.1) is 0 Å². The Kier molecular flexibility index (Phi) is 7.12. The van der Waals surface area contributed by atoms with Crippen LogP contribution in [0.25, 0.3) is 10.9 Å². The number of hydrogen-bond donors (Lipinski definition) is 0. The van der Waals surface area contributed by atoms with E-state index in [0.29, 0.717) is 4.47 Å². The maximum atomic E-state index is 13.9. The highest BCUT2D eigenvalue weighted by atomic mass is 79.9. The van der Waals surface area contributed by atoms with E-state index in [-0.39, 0.29) is 12.1 Å². The number of rotatable bonds is 2. The Bertz CT molecular complexity index is 815. The first-order chi connectivity index (χ1) is 12.1. The van der Waals surface area contributed by atoms with Crippen LogP contribution in [0.1, 0.15) is 44.4 Å². The summed E-state index contributed by atoms with van der Waals surface area (Å²) in [7, 11) is 0. The first-order valence-corrected chi connectivity index (χ1v) is 9.39. The number of hydrogen-bond acceptors (Lipinski definition) is 1. The number of halogens is 3. The number of aromatic nitrogens is 2. The van der Waals surface area contributed by atoms with E-state index in [4.69, 9.17) is 0 Å². The molecule has 0 radical (unpaired) electrons. The van der Waals surface area contributed by atoms with E-state index in [1.165, 1.54) is 31.4 Å². The van der Waals surface area contributed by atoms with Gasteiger partial charge in [-0.05, 0) is 31.2 Å². The van der Waals surface area contributed by atoms with Gasteiger partial charge < -0.3 is 4.57 Å². The van der Waals surface area contributed by atoms with Crippen LogP contribution in [0.15, 0.2) is 41.1 Å². The second-order valence-electron chi connectivity index (χ2n) is 5.68. The highest BCUT2D eigenvalue weighted by molar-refractivity contribution is 9.10. The van der Waals surface area contributed by atoms with Gasteiger partial charge in [0, 0.05) is 33.5 Å². The Balaban J connectivity index is 0.000000397. The molecule has 3 aromatic rings. The molecule has 1 saturated carbocycles. The van der Waals surface area contributed by atoms with Crippen molar-refractivity contribution in [3.8, 4) is 0 Å². The molecule has 2 aromatic heterocycles. The molecular formula is C20H23BrF2N2. The SMILES string of the molecule is C1CC1.CC.Cc1nccc2c1ccn2Cc1c(F)cc(Br)cc1F. The predicted octanol–water partition coefficient (Wildman–Crippen LogP) is 6.63. The lowest BCUT2D eigenvalue weighted by atomic mass is 10.2. The smallest absolute Gasteiger partial charge is 0.132 e. The van der Waals surface area contributed by atoms with Gasteiger partial charge in [-0.2, -0.15) is 0 Å². The van der Waals surface area contributed by atoms with E-state index in [0.717, 1.165) is 16.6 Å². The first-order valence-electron chi connectivity index (χ1n) is 8.60. The number of nitrogens with zero attached hydrogens (tertiary/aromatic N) is 2. The number of pyridine rings is 1. The highest BCUT2D eigenvalue weighted by Gasteiger charge is 2.12. The first kappa shape index (κ1) is 19.6. The van der Waals surface area contributed by atoms with E-state index in [9.17, 15) is 8.78 Å². The summed E-state index contributed by atoms with van der Waals surface area (Å²) in [6, 6.07) is 6.30. The predicted molar refractivity (Wildman–Crippen MR) is 103 cm³/mol. The molecule has 0 aliphatic heterocycles. The molecule has 0 atom stereocenters. The molecule has 0 saturated heterocycles. The van der Waals surface area contributed by atoms with Crippen LogP contribution in [-0.2, 0) is 6.54 Å². The molecule has 2 nitrogen and oxygen atoms in total. The van der Waals surface area contributed by atoms with Gasteiger partial charge in [0.15, 0.2) is 0 Å². The normalized spacial score (nSPS) is 12.1. The fourth-order valence-electron chi connectivity index (χ4n) is 2.30. The topological polar surface area (TPSA) is 17.8 Å². The van der Waals surface area contributed by atoms with Crippen molar-refractivity contribution in [1.29, 1.82) is 0 Å². The quantitative estimate of drug-likeness (QED) is 0.465. The lowest BCUT2D eigenvalue weighted by Crippen LogP contribution is -2.04. The Morgan fingerprint density at radius 1 is 1.08 bits per heavy atom. The summed E-state index contributed by atoms with van der Waals surface area (Å²) in [6.07, 6.45) is 8.02.